The van der Waals surface area contributed by atoms with Crippen LogP contribution in [0, 0.1) is 0 Å². The molecule has 1 aromatic rings. The lowest BCUT2D eigenvalue weighted by molar-refractivity contribution is 0.0594. The van der Waals surface area contributed by atoms with Crippen molar-refractivity contribution in [1.29, 1.82) is 0 Å². The molecule has 1 fully saturated rings. The smallest absolute Gasteiger partial charge is 0.407 e. The van der Waals surface area contributed by atoms with E-state index >= 15 is 0 Å². The summed E-state index contributed by atoms with van der Waals surface area (Å²) in [6.07, 6.45) is -0.913. The first kappa shape index (κ1) is 16.5. The van der Waals surface area contributed by atoms with Gasteiger partial charge in [-0.15, -0.1) is 11.3 Å². The fourth-order valence-electron chi connectivity index (χ4n) is 2.57. The number of hydrogen-bond donors (Lipinski definition) is 1. The standard InChI is InChI=1S/C13H20N4O4S/c1-15(2)6-9-7-16(4-5-17(9)13(19)20)11-10(12(18)21-3)14-8-22-11/h8-9H,4-7H2,1-3H3,(H,19,20). The molecule has 122 valence electrons. The predicted molar refractivity (Wildman–Crippen MR) is 82.7 cm³/mol. The second-order valence-electron chi connectivity index (χ2n) is 5.34. The maximum atomic E-state index is 11.8. The summed E-state index contributed by atoms with van der Waals surface area (Å²) in [5.41, 5.74) is 1.89. The number of hydrogen-bond acceptors (Lipinski definition) is 7. The quantitative estimate of drug-likeness (QED) is 0.813. The van der Waals surface area contributed by atoms with E-state index in [1.165, 1.54) is 23.3 Å². The maximum Gasteiger partial charge on any atom is 0.407 e. The van der Waals surface area contributed by atoms with Gasteiger partial charge in [-0.2, -0.15) is 0 Å². The SMILES string of the molecule is COC(=O)c1ncsc1N1CCN(C(=O)O)C(CN(C)C)C1. The van der Waals surface area contributed by atoms with E-state index in [9.17, 15) is 14.7 Å². The summed E-state index contributed by atoms with van der Waals surface area (Å²) in [4.78, 5) is 32.6. The molecule has 0 aromatic carbocycles. The Hall–Kier alpha value is -1.87. The summed E-state index contributed by atoms with van der Waals surface area (Å²) in [6, 6.07) is -0.158. The molecule has 2 heterocycles. The van der Waals surface area contributed by atoms with Crippen LogP contribution >= 0.6 is 11.3 Å². The van der Waals surface area contributed by atoms with Crippen LogP contribution in [0.1, 0.15) is 10.5 Å². The molecular weight excluding hydrogens is 308 g/mol. The molecule has 1 amide bonds. The molecule has 1 unspecified atom stereocenters. The second-order valence-corrected chi connectivity index (χ2v) is 6.17. The van der Waals surface area contributed by atoms with Crippen molar-refractivity contribution in [2.24, 2.45) is 0 Å². The number of anilines is 1. The first-order valence-electron chi connectivity index (χ1n) is 6.85. The molecule has 0 radical (unpaired) electrons. The number of rotatable bonds is 4. The summed E-state index contributed by atoms with van der Waals surface area (Å²) in [5, 5.41) is 10.1. The summed E-state index contributed by atoms with van der Waals surface area (Å²) in [5.74, 6) is -0.471. The lowest BCUT2D eigenvalue weighted by Gasteiger charge is -2.41. The third-order valence-corrected chi connectivity index (χ3v) is 4.40. The van der Waals surface area contributed by atoms with Gasteiger partial charge < -0.3 is 24.5 Å². The number of methoxy groups -OCH3 is 1. The fraction of sp³-hybridized carbons (Fsp3) is 0.615. The maximum absolute atomic E-state index is 11.8. The lowest BCUT2D eigenvalue weighted by Crippen LogP contribution is -2.58. The van der Waals surface area contributed by atoms with E-state index in [2.05, 4.69) is 4.98 Å². The van der Waals surface area contributed by atoms with Crippen molar-refractivity contribution < 1.29 is 19.4 Å². The summed E-state index contributed by atoms with van der Waals surface area (Å²) >= 11 is 1.36. The summed E-state index contributed by atoms with van der Waals surface area (Å²) in [6.45, 7) is 2.07. The largest absolute Gasteiger partial charge is 0.465 e. The van der Waals surface area contributed by atoms with Gasteiger partial charge in [0, 0.05) is 26.2 Å². The van der Waals surface area contributed by atoms with Crippen LogP contribution in [0.25, 0.3) is 0 Å². The summed E-state index contributed by atoms with van der Waals surface area (Å²) < 4.78 is 4.74. The van der Waals surface area contributed by atoms with E-state index in [1.54, 1.807) is 5.51 Å². The van der Waals surface area contributed by atoms with Crippen molar-refractivity contribution in [3.8, 4) is 0 Å². The first-order chi connectivity index (χ1) is 10.4. The van der Waals surface area contributed by atoms with Gasteiger partial charge in [0.25, 0.3) is 0 Å². The highest BCUT2D eigenvalue weighted by Crippen LogP contribution is 2.28. The Balaban J connectivity index is 2.19. The van der Waals surface area contributed by atoms with Gasteiger partial charge in [-0.25, -0.2) is 14.6 Å². The number of thiazole rings is 1. The Morgan fingerprint density at radius 2 is 2.23 bits per heavy atom. The third-order valence-electron chi connectivity index (χ3n) is 3.52. The lowest BCUT2D eigenvalue weighted by atomic mass is 10.1. The molecule has 0 bridgehead atoms. The Kier molecular flexibility index (Phi) is 5.19. The number of carbonyl (C=O) groups excluding carboxylic acids is 1. The number of esters is 1. The Morgan fingerprint density at radius 3 is 2.82 bits per heavy atom. The minimum atomic E-state index is -0.913. The van der Waals surface area contributed by atoms with Crippen molar-refractivity contribution in [3.63, 3.8) is 0 Å². The van der Waals surface area contributed by atoms with Crippen LogP contribution in [-0.2, 0) is 4.74 Å². The van der Waals surface area contributed by atoms with E-state index < -0.39 is 12.1 Å². The van der Waals surface area contributed by atoms with Gasteiger partial charge in [-0.1, -0.05) is 0 Å². The molecule has 1 saturated heterocycles. The number of amides is 1. The van der Waals surface area contributed by atoms with Crippen molar-refractivity contribution in [2.75, 3.05) is 52.3 Å². The molecule has 1 aromatic heterocycles. The van der Waals surface area contributed by atoms with Crippen LogP contribution in [0.2, 0.25) is 0 Å². The molecule has 8 nitrogen and oxygen atoms in total. The van der Waals surface area contributed by atoms with E-state index in [0.717, 1.165) is 5.00 Å². The van der Waals surface area contributed by atoms with Crippen LogP contribution in [0.4, 0.5) is 9.80 Å². The van der Waals surface area contributed by atoms with Crippen molar-refractivity contribution in [1.82, 2.24) is 14.8 Å². The minimum absolute atomic E-state index is 0.158. The highest BCUT2D eigenvalue weighted by Gasteiger charge is 2.33. The van der Waals surface area contributed by atoms with Gasteiger partial charge in [0.1, 0.15) is 5.00 Å². The van der Waals surface area contributed by atoms with Crippen LogP contribution < -0.4 is 4.90 Å². The Bertz CT molecular complexity index is 548. The number of likely N-dealkylation sites (N-methyl/N-ethyl adjacent to an activating group) is 1. The van der Waals surface area contributed by atoms with E-state index in [0.29, 0.717) is 31.9 Å². The first-order valence-corrected chi connectivity index (χ1v) is 7.73. The van der Waals surface area contributed by atoms with Crippen molar-refractivity contribution in [3.05, 3.63) is 11.2 Å². The fourth-order valence-corrected chi connectivity index (χ4v) is 3.39. The summed E-state index contributed by atoms with van der Waals surface area (Å²) in [7, 11) is 5.14. The molecule has 0 saturated carbocycles. The van der Waals surface area contributed by atoms with E-state index in [1.807, 2.05) is 23.9 Å². The van der Waals surface area contributed by atoms with Gasteiger partial charge in [0.2, 0.25) is 0 Å². The zero-order valence-electron chi connectivity index (χ0n) is 12.9. The average Bonchev–Trinajstić information content (AvgIpc) is 2.94. The molecule has 1 aliphatic heterocycles. The zero-order chi connectivity index (χ0) is 16.3. The van der Waals surface area contributed by atoms with Crippen molar-refractivity contribution in [2.45, 2.75) is 6.04 Å². The predicted octanol–water partition coefficient (Wildman–Crippen LogP) is 0.660. The highest BCUT2D eigenvalue weighted by molar-refractivity contribution is 7.14. The third kappa shape index (κ3) is 3.47. The molecule has 0 spiro atoms. The molecule has 1 N–H and O–H groups in total. The van der Waals surface area contributed by atoms with Gasteiger partial charge in [0.15, 0.2) is 5.69 Å². The monoisotopic (exact) mass is 328 g/mol. The highest BCUT2D eigenvalue weighted by atomic mass is 32.1. The van der Waals surface area contributed by atoms with E-state index in [-0.39, 0.29) is 6.04 Å². The van der Waals surface area contributed by atoms with Crippen LogP contribution in [-0.4, -0.2) is 85.4 Å². The zero-order valence-corrected chi connectivity index (χ0v) is 13.7. The molecular formula is C13H20N4O4S. The van der Waals surface area contributed by atoms with Gasteiger partial charge in [-0.3, -0.25) is 0 Å². The molecule has 1 aliphatic rings. The van der Waals surface area contributed by atoms with E-state index in [4.69, 9.17) is 4.74 Å². The molecule has 0 aliphatic carbocycles. The number of carbonyl (C=O) groups is 2. The molecule has 1 atom stereocenters. The minimum Gasteiger partial charge on any atom is -0.465 e. The van der Waals surface area contributed by atoms with Gasteiger partial charge >= 0.3 is 12.1 Å². The van der Waals surface area contributed by atoms with Gasteiger partial charge in [-0.05, 0) is 14.1 Å². The number of piperazine rings is 1. The topological polar surface area (TPSA) is 86.2 Å². The van der Waals surface area contributed by atoms with Crippen LogP contribution in [0.15, 0.2) is 5.51 Å². The Morgan fingerprint density at radius 1 is 1.50 bits per heavy atom. The number of nitrogens with zero attached hydrogens (tertiary/aromatic N) is 4. The number of aromatic nitrogens is 1. The second kappa shape index (κ2) is 6.93. The number of carboxylic acid groups (broad SMARTS) is 1. The molecule has 9 heteroatoms. The normalized spacial score (nSPS) is 18.6. The van der Waals surface area contributed by atoms with Gasteiger partial charge in [0.05, 0.1) is 18.7 Å². The molecule has 2 rings (SSSR count). The average molecular weight is 328 g/mol. The van der Waals surface area contributed by atoms with Crippen molar-refractivity contribution >= 4 is 28.4 Å². The molecule has 22 heavy (non-hydrogen) atoms. The number of ether oxygens (including phenoxy) is 1. The van der Waals surface area contributed by atoms with Crippen LogP contribution in [0.5, 0.6) is 0 Å². The Labute approximate surface area is 132 Å². The van der Waals surface area contributed by atoms with Crippen LogP contribution in [0.3, 0.4) is 0 Å².